The molecule has 0 nitrogen and oxygen atoms in total. The number of benzene rings is 1. The van der Waals surface area contributed by atoms with E-state index in [1.165, 1.54) is 15.4 Å². The summed E-state index contributed by atoms with van der Waals surface area (Å²) < 4.78 is 14.3. The van der Waals surface area contributed by atoms with E-state index in [-0.39, 0.29) is 5.82 Å². The molecule has 2 rings (SSSR count). The zero-order valence-electron chi connectivity index (χ0n) is 9.70. The molecule has 0 bridgehead atoms. The van der Waals surface area contributed by atoms with Crippen LogP contribution in [-0.4, -0.2) is 5.33 Å². The van der Waals surface area contributed by atoms with Crippen LogP contribution in [0.1, 0.15) is 10.4 Å². The summed E-state index contributed by atoms with van der Waals surface area (Å²) in [6.45, 7) is 0. The molecule has 0 aliphatic heterocycles. The summed E-state index contributed by atoms with van der Waals surface area (Å²) in [6.07, 6.45) is 1.91. The molecule has 0 amide bonds. The number of halogens is 3. The average Bonchev–Trinajstić information content (AvgIpc) is 2.74. The molecule has 18 heavy (non-hydrogen) atoms. The van der Waals surface area contributed by atoms with E-state index in [0.29, 0.717) is 5.92 Å². The second-order valence-electron chi connectivity index (χ2n) is 4.25. The van der Waals surface area contributed by atoms with Crippen molar-refractivity contribution in [1.29, 1.82) is 0 Å². The first-order chi connectivity index (χ1) is 8.69. The van der Waals surface area contributed by atoms with Crippen molar-refractivity contribution < 1.29 is 4.39 Å². The monoisotopic (exact) mass is 390 g/mol. The number of rotatable bonds is 5. The molecule has 0 saturated heterocycles. The first kappa shape index (κ1) is 14.2. The highest BCUT2D eigenvalue weighted by Gasteiger charge is 2.12. The predicted octanol–water partition coefficient (Wildman–Crippen LogP) is 5.45. The van der Waals surface area contributed by atoms with Gasteiger partial charge in [-0.05, 0) is 63.8 Å². The van der Waals surface area contributed by atoms with E-state index < -0.39 is 0 Å². The van der Waals surface area contributed by atoms with Crippen LogP contribution in [0, 0.1) is 11.7 Å². The topological polar surface area (TPSA) is 0 Å². The first-order valence-electron chi connectivity index (χ1n) is 5.71. The normalized spacial score (nSPS) is 12.6. The third kappa shape index (κ3) is 3.90. The van der Waals surface area contributed by atoms with Gasteiger partial charge in [0.2, 0.25) is 0 Å². The van der Waals surface area contributed by atoms with Crippen LogP contribution in [-0.2, 0) is 12.8 Å². The Balaban J connectivity index is 2.04. The molecule has 2 aromatic rings. The molecule has 1 heterocycles. The molecule has 0 aliphatic carbocycles. The molecule has 0 spiro atoms. The second kappa shape index (κ2) is 6.83. The van der Waals surface area contributed by atoms with Gasteiger partial charge in [0.05, 0.1) is 0 Å². The Labute approximate surface area is 127 Å². The Bertz CT molecular complexity index is 510. The number of hydrogen-bond acceptors (Lipinski definition) is 1. The molecule has 1 aromatic carbocycles. The molecule has 0 saturated carbocycles. The van der Waals surface area contributed by atoms with Gasteiger partial charge in [0, 0.05) is 14.7 Å². The van der Waals surface area contributed by atoms with Crippen molar-refractivity contribution in [2.75, 3.05) is 5.33 Å². The van der Waals surface area contributed by atoms with Gasteiger partial charge in [-0.1, -0.05) is 28.1 Å². The Hall–Kier alpha value is -0.190. The predicted molar refractivity (Wildman–Crippen MR) is 83.1 cm³/mol. The van der Waals surface area contributed by atoms with Crippen LogP contribution < -0.4 is 0 Å². The summed E-state index contributed by atoms with van der Waals surface area (Å²) >= 11 is 8.88. The van der Waals surface area contributed by atoms with Gasteiger partial charge in [-0.3, -0.25) is 0 Å². The van der Waals surface area contributed by atoms with Crippen molar-refractivity contribution in [3.05, 3.63) is 56.4 Å². The SMILES string of the molecule is Fc1cccc(CC(CBr)Cc2sccc2Br)c1. The van der Waals surface area contributed by atoms with E-state index in [4.69, 9.17) is 0 Å². The second-order valence-corrected chi connectivity index (χ2v) is 6.75. The van der Waals surface area contributed by atoms with Crippen molar-refractivity contribution in [3.8, 4) is 0 Å². The molecule has 4 heteroatoms. The highest BCUT2D eigenvalue weighted by molar-refractivity contribution is 9.10. The van der Waals surface area contributed by atoms with E-state index >= 15 is 0 Å². The van der Waals surface area contributed by atoms with E-state index in [2.05, 4.69) is 43.3 Å². The van der Waals surface area contributed by atoms with Crippen LogP contribution in [0.4, 0.5) is 4.39 Å². The lowest BCUT2D eigenvalue weighted by Crippen LogP contribution is -2.09. The van der Waals surface area contributed by atoms with Crippen LogP contribution in [0.25, 0.3) is 0 Å². The number of thiophene rings is 1. The van der Waals surface area contributed by atoms with Crippen molar-refractivity contribution in [3.63, 3.8) is 0 Å². The molecular formula is C14H13Br2FS. The minimum absolute atomic E-state index is 0.155. The fourth-order valence-electron chi connectivity index (χ4n) is 1.91. The van der Waals surface area contributed by atoms with Gasteiger partial charge in [0.25, 0.3) is 0 Å². The van der Waals surface area contributed by atoms with Crippen molar-refractivity contribution >= 4 is 43.2 Å². The standard InChI is InChI=1S/C14H13Br2FS/c15-9-11(8-14-13(16)4-5-18-14)6-10-2-1-3-12(17)7-10/h1-5,7,11H,6,8-9H2. The lowest BCUT2D eigenvalue weighted by atomic mass is 9.97. The number of hydrogen-bond donors (Lipinski definition) is 0. The van der Waals surface area contributed by atoms with E-state index in [1.54, 1.807) is 23.5 Å². The lowest BCUT2D eigenvalue weighted by molar-refractivity contribution is 0.586. The number of alkyl halides is 1. The Kier molecular flexibility index (Phi) is 5.39. The van der Waals surface area contributed by atoms with E-state index in [1.807, 2.05) is 6.07 Å². The summed E-state index contributed by atoms with van der Waals surface area (Å²) in [6, 6.07) is 8.95. The molecule has 1 atom stereocenters. The summed E-state index contributed by atoms with van der Waals surface area (Å²) in [5.41, 5.74) is 1.06. The maximum absolute atomic E-state index is 13.1. The van der Waals surface area contributed by atoms with Gasteiger partial charge >= 0.3 is 0 Å². The molecule has 0 aliphatic rings. The Morgan fingerprint density at radius 1 is 1.22 bits per heavy atom. The van der Waals surface area contributed by atoms with E-state index in [9.17, 15) is 4.39 Å². The van der Waals surface area contributed by atoms with Crippen molar-refractivity contribution in [2.24, 2.45) is 5.92 Å². The van der Waals surface area contributed by atoms with Crippen LogP contribution in [0.2, 0.25) is 0 Å². The van der Waals surface area contributed by atoms with Gasteiger partial charge in [-0.15, -0.1) is 11.3 Å². The minimum atomic E-state index is -0.155. The Morgan fingerprint density at radius 3 is 2.67 bits per heavy atom. The van der Waals surface area contributed by atoms with Gasteiger partial charge in [-0.25, -0.2) is 4.39 Å². The molecule has 96 valence electrons. The highest BCUT2D eigenvalue weighted by Crippen LogP contribution is 2.27. The summed E-state index contributed by atoms with van der Waals surface area (Å²) in [7, 11) is 0. The molecule has 0 radical (unpaired) electrons. The summed E-state index contributed by atoms with van der Waals surface area (Å²) in [5.74, 6) is 0.333. The van der Waals surface area contributed by atoms with Crippen molar-refractivity contribution in [1.82, 2.24) is 0 Å². The van der Waals surface area contributed by atoms with Gasteiger partial charge in [0.1, 0.15) is 5.82 Å². The maximum Gasteiger partial charge on any atom is 0.123 e. The van der Waals surface area contributed by atoms with Crippen LogP contribution in [0.3, 0.4) is 0 Å². The van der Waals surface area contributed by atoms with Crippen molar-refractivity contribution in [2.45, 2.75) is 12.8 Å². The smallest absolute Gasteiger partial charge is 0.123 e. The minimum Gasteiger partial charge on any atom is -0.207 e. The third-order valence-electron chi connectivity index (χ3n) is 2.80. The fraction of sp³-hybridized carbons (Fsp3) is 0.286. The summed E-state index contributed by atoms with van der Waals surface area (Å²) in [5, 5.41) is 3.01. The van der Waals surface area contributed by atoms with Gasteiger partial charge < -0.3 is 0 Å². The largest absolute Gasteiger partial charge is 0.207 e. The Morgan fingerprint density at radius 2 is 2.06 bits per heavy atom. The fourth-order valence-corrected chi connectivity index (χ4v) is 4.00. The first-order valence-corrected chi connectivity index (χ1v) is 8.50. The summed E-state index contributed by atoms with van der Waals surface area (Å²) in [4.78, 5) is 1.36. The molecule has 0 fully saturated rings. The molecule has 0 N–H and O–H groups in total. The van der Waals surface area contributed by atoms with Gasteiger partial charge in [-0.2, -0.15) is 0 Å². The molecule has 1 unspecified atom stereocenters. The van der Waals surface area contributed by atoms with Crippen LogP contribution >= 0.6 is 43.2 Å². The van der Waals surface area contributed by atoms with Gasteiger partial charge in [0.15, 0.2) is 0 Å². The highest BCUT2D eigenvalue weighted by atomic mass is 79.9. The lowest BCUT2D eigenvalue weighted by Gasteiger charge is -2.13. The zero-order valence-corrected chi connectivity index (χ0v) is 13.7. The molecule has 1 aromatic heterocycles. The molecular weight excluding hydrogens is 379 g/mol. The van der Waals surface area contributed by atoms with E-state index in [0.717, 1.165) is 23.7 Å². The quantitative estimate of drug-likeness (QED) is 0.594. The maximum atomic E-state index is 13.1. The van der Waals surface area contributed by atoms with Crippen LogP contribution in [0.15, 0.2) is 40.2 Å². The average molecular weight is 392 g/mol. The zero-order chi connectivity index (χ0) is 13.0. The third-order valence-corrected chi connectivity index (χ3v) is 5.66. The van der Waals surface area contributed by atoms with Crippen LogP contribution in [0.5, 0.6) is 0 Å².